The summed E-state index contributed by atoms with van der Waals surface area (Å²) in [6, 6.07) is 2.71. The van der Waals surface area contributed by atoms with E-state index in [1.165, 1.54) is 18.3 Å². The van der Waals surface area contributed by atoms with E-state index in [0.717, 1.165) is 13.5 Å². The number of nitrogens with zero attached hydrogens (tertiary/aromatic N) is 2. The van der Waals surface area contributed by atoms with Crippen molar-refractivity contribution in [2.75, 3.05) is 13.6 Å². The second-order valence-electron chi connectivity index (χ2n) is 4.50. The molecule has 0 aromatic carbocycles. The van der Waals surface area contributed by atoms with Crippen LogP contribution in [-0.2, 0) is 0 Å². The highest BCUT2D eigenvalue weighted by Crippen LogP contribution is 2.18. The number of halogens is 3. The molecule has 112 valence electrons. The molecule has 1 rings (SSSR count). The molecule has 1 aromatic heterocycles. The average Bonchev–Trinajstić information content (AvgIpc) is 2.36. The predicted molar refractivity (Wildman–Crippen MR) is 67.6 cm³/mol. The van der Waals surface area contributed by atoms with Gasteiger partial charge in [0, 0.05) is 24.9 Å². The van der Waals surface area contributed by atoms with Crippen LogP contribution in [0.15, 0.2) is 18.3 Å². The molecule has 7 heteroatoms. The normalized spacial score (nSPS) is 12.9. The zero-order chi connectivity index (χ0) is 15.3. The van der Waals surface area contributed by atoms with Crippen molar-refractivity contribution in [3.63, 3.8) is 0 Å². The van der Waals surface area contributed by atoms with Gasteiger partial charge in [0.1, 0.15) is 6.54 Å². The number of alkyl halides is 3. The molecule has 4 nitrogen and oxygen atoms in total. The van der Waals surface area contributed by atoms with Crippen LogP contribution in [0.25, 0.3) is 0 Å². The number of rotatable bonds is 5. The minimum atomic E-state index is -4.42. The third-order valence-electron chi connectivity index (χ3n) is 2.64. The van der Waals surface area contributed by atoms with Crippen LogP contribution in [0, 0.1) is 0 Å². The first-order chi connectivity index (χ1) is 9.23. The fourth-order valence-corrected chi connectivity index (χ4v) is 1.46. The summed E-state index contributed by atoms with van der Waals surface area (Å²) < 4.78 is 42.2. The maximum absolute atomic E-state index is 12.2. The quantitative estimate of drug-likeness (QED) is 0.837. The highest BCUT2D eigenvalue weighted by molar-refractivity contribution is 5.94. The number of hydrogen-bond donors (Lipinski definition) is 0. The molecule has 1 atom stereocenters. The largest absolute Gasteiger partial charge is 0.475 e. The molecule has 0 saturated carbocycles. The van der Waals surface area contributed by atoms with Crippen LogP contribution in [0.1, 0.15) is 30.6 Å². The van der Waals surface area contributed by atoms with Crippen LogP contribution in [0.3, 0.4) is 0 Å². The topological polar surface area (TPSA) is 42.4 Å². The Hall–Kier alpha value is -1.79. The average molecular weight is 290 g/mol. The van der Waals surface area contributed by atoms with Gasteiger partial charge in [-0.3, -0.25) is 4.79 Å². The van der Waals surface area contributed by atoms with Crippen molar-refractivity contribution in [2.45, 2.75) is 32.5 Å². The van der Waals surface area contributed by atoms with Crippen molar-refractivity contribution in [1.29, 1.82) is 0 Å². The van der Waals surface area contributed by atoms with Gasteiger partial charge < -0.3 is 9.64 Å². The van der Waals surface area contributed by atoms with Crippen LogP contribution in [0.4, 0.5) is 13.2 Å². The maximum atomic E-state index is 12.2. The molecular formula is C13H17F3N2O2. The first-order valence-corrected chi connectivity index (χ1v) is 6.18. The molecule has 0 aliphatic carbocycles. The molecule has 0 N–H and O–H groups in total. The van der Waals surface area contributed by atoms with Crippen molar-refractivity contribution in [2.24, 2.45) is 0 Å². The summed E-state index contributed by atoms with van der Waals surface area (Å²) in [7, 11) is 1.10. The Kier molecular flexibility index (Phi) is 5.35. The molecule has 0 fully saturated rings. The Balaban J connectivity index is 2.80. The first-order valence-electron chi connectivity index (χ1n) is 6.18. The molecule has 1 heterocycles. The van der Waals surface area contributed by atoms with Crippen molar-refractivity contribution < 1.29 is 22.7 Å². The number of amides is 1. The molecule has 0 aliphatic heterocycles. The van der Waals surface area contributed by atoms with E-state index in [4.69, 9.17) is 4.74 Å². The molecule has 1 amide bonds. The van der Waals surface area contributed by atoms with Gasteiger partial charge in [-0.15, -0.1) is 0 Å². The summed E-state index contributed by atoms with van der Waals surface area (Å²) in [6.07, 6.45) is -2.41. The SMILES string of the molecule is CCC(C)Oc1cc(C(=O)N(C)CC(F)(F)F)ccn1. The van der Waals surface area contributed by atoms with Crippen LogP contribution < -0.4 is 4.74 Å². The number of aromatic nitrogens is 1. The zero-order valence-electron chi connectivity index (χ0n) is 11.6. The van der Waals surface area contributed by atoms with E-state index in [0.29, 0.717) is 4.90 Å². The van der Waals surface area contributed by atoms with Gasteiger partial charge in [0.15, 0.2) is 0 Å². The third kappa shape index (κ3) is 5.07. The Morgan fingerprint density at radius 3 is 2.70 bits per heavy atom. The molecule has 1 aromatic rings. The van der Waals surface area contributed by atoms with Crippen LogP contribution in [0.2, 0.25) is 0 Å². The van der Waals surface area contributed by atoms with E-state index in [2.05, 4.69) is 4.98 Å². The van der Waals surface area contributed by atoms with Gasteiger partial charge in [-0.25, -0.2) is 4.98 Å². The maximum Gasteiger partial charge on any atom is 0.406 e. The van der Waals surface area contributed by atoms with Gasteiger partial charge in [0.2, 0.25) is 5.88 Å². The van der Waals surface area contributed by atoms with Gasteiger partial charge in [-0.1, -0.05) is 6.92 Å². The Bertz CT molecular complexity index is 463. The van der Waals surface area contributed by atoms with Crippen LogP contribution >= 0.6 is 0 Å². The predicted octanol–water partition coefficient (Wildman–Crippen LogP) is 2.89. The summed E-state index contributed by atoms with van der Waals surface area (Å²) in [5.74, 6) is -0.496. The van der Waals surface area contributed by atoms with Crippen molar-refractivity contribution in [3.8, 4) is 5.88 Å². The monoisotopic (exact) mass is 290 g/mol. The summed E-state index contributed by atoms with van der Waals surface area (Å²) in [5.41, 5.74) is 0.116. The molecule has 0 radical (unpaired) electrons. The first kappa shape index (κ1) is 16.3. The van der Waals surface area contributed by atoms with E-state index >= 15 is 0 Å². The summed E-state index contributed by atoms with van der Waals surface area (Å²) in [6.45, 7) is 2.47. The minimum absolute atomic E-state index is 0.0826. The number of carbonyl (C=O) groups is 1. The van der Waals surface area contributed by atoms with E-state index in [1.54, 1.807) is 0 Å². The molecule has 0 saturated heterocycles. The molecule has 1 unspecified atom stereocenters. The van der Waals surface area contributed by atoms with Gasteiger partial charge >= 0.3 is 6.18 Å². The Morgan fingerprint density at radius 2 is 2.15 bits per heavy atom. The molecule has 0 aliphatic rings. The minimum Gasteiger partial charge on any atom is -0.475 e. The van der Waals surface area contributed by atoms with Crippen molar-refractivity contribution >= 4 is 5.91 Å². The lowest BCUT2D eigenvalue weighted by atomic mass is 10.2. The molecular weight excluding hydrogens is 273 g/mol. The fraction of sp³-hybridized carbons (Fsp3) is 0.538. The summed E-state index contributed by atoms with van der Waals surface area (Å²) in [4.78, 5) is 16.4. The number of ether oxygens (including phenoxy) is 1. The summed E-state index contributed by atoms with van der Waals surface area (Å²) >= 11 is 0. The third-order valence-corrected chi connectivity index (χ3v) is 2.64. The van der Waals surface area contributed by atoms with Crippen LogP contribution in [0.5, 0.6) is 5.88 Å². The zero-order valence-corrected chi connectivity index (χ0v) is 11.6. The number of carbonyl (C=O) groups excluding carboxylic acids is 1. The molecule has 0 spiro atoms. The fourth-order valence-electron chi connectivity index (χ4n) is 1.46. The van der Waals surface area contributed by atoms with Gasteiger partial charge in [0.05, 0.1) is 6.10 Å². The molecule has 20 heavy (non-hydrogen) atoms. The van der Waals surface area contributed by atoms with Gasteiger partial charge in [-0.2, -0.15) is 13.2 Å². The highest BCUT2D eigenvalue weighted by Gasteiger charge is 2.31. The second kappa shape index (κ2) is 6.58. The number of pyridine rings is 1. The lowest BCUT2D eigenvalue weighted by molar-refractivity contribution is -0.138. The second-order valence-corrected chi connectivity index (χ2v) is 4.50. The van der Waals surface area contributed by atoms with Gasteiger partial charge in [-0.05, 0) is 19.4 Å². The van der Waals surface area contributed by atoms with Gasteiger partial charge in [0.25, 0.3) is 5.91 Å². The Labute approximate surface area is 115 Å². The van der Waals surface area contributed by atoms with E-state index < -0.39 is 18.6 Å². The van der Waals surface area contributed by atoms with E-state index in [9.17, 15) is 18.0 Å². The highest BCUT2D eigenvalue weighted by atomic mass is 19.4. The number of hydrogen-bond acceptors (Lipinski definition) is 3. The van der Waals surface area contributed by atoms with E-state index in [1.807, 2.05) is 13.8 Å². The van der Waals surface area contributed by atoms with Crippen molar-refractivity contribution in [3.05, 3.63) is 23.9 Å². The Morgan fingerprint density at radius 1 is 1.50 bits per heavy atom. The molecule has 0 bridgehead atoms. The lowest BCUT2D eigenvalue weighted by Crippen LogP contribution is -2.35. The lowest BCUT2D eigenvalue weighted by Gasteiger charge is -2.19. The summed E-state index contributed by atoms with van der Waals surface area (Å²) in [5, 5.41) is 0. The van der Waals surface area contributed by atoms with Crippen LogP contribution in [-0.4, -0.2) is 41.7 Å². The smallest absolute Gasteiger partial charge is 0.406 e. The van der Waals surface area contributed by atoms with E-state index in [-0.39, 0.29) is 17.5 Å². The van der Waals surface area contributed by atoms with Crippen molar-refractivity contribution in [1.82, 2.24) is 9.88 Å². The standard InChI is InChI=1S/C13H17F3N2O2/c1-4-9(2)20-11-7-10(5-6-17-11)12(19)18(3)8-13(14,15)16/h5-7,9H,4,8H2,1-3H3.